The molecule has 0 unspecified atom stereocenters. The lowest BCUT2D eigenvalue weighted by atomic mass is 10.1. The summed E-state index contributed by atoms with van der Waals surface area (Å²) in [6.45, 7) is 0. The number of carbonyl (C=O) groups excluding carboxylic acids is 1. The first-order chi connectivity index (χ1) is 6.69. The Labute approximate surface area is 82.1 Å². The van der Waals surface area contributed by atoms with Crippen LogP contribution in [0.1, 0.15) is 19.3 Å². The SMILES string of the molecule is COC(=O)C(C#N)=CC1=C(O)CCC1. The van der Waals surface area contributed by atoms with Crippen molar-refractivity contribution in [3.8, 4) is 6.07 Å². The van der Waals surface area contributed by atoms with Gasteiger partial charge in [-0.3, -0.25) is 0 Å². The number of nitriles is 1. The molecule has 0 amide bonds. The number of methoxy groups -OCH3 is 1. The molecule has 4 nitrogen and oxygen atoms in total. The zero-order valence-corrected chi connectivity index (χ0v) is 7.91. The van der Waals surface area contributed by atoms with Gasteiger partial charge in [-0.15, -0.1) is 0 Å². The lowest BCUT2D eigenvalue weighted by Gasteiger charge is -1.97. The van der Waals surface area contributed by atoms with Crippen molar-refractivity contribution in [1.82, 2.24) is 0 Å². The molecule has 14 heavy (non-hydrogen) atoms. The Bertz CT molecular complexity index is 347. The van der Waals surface area contributed by atoms with Gasteiger partial charge in [0.05, 0.1) is 12.9 Å². The van der Waals surface area contributed by atoms with Crippen LogP contribution in [-0.2, 0) is 9.53 Å². The molecule has 0 aromatic heterocycles. The van der Waals surface area contributed by atoms with Crippen LogP contribution in [0.5, 0.6) is 0 Å². The fourth-order valence-corrected chi connectivity index (χ4v) is 1.33. The van der Waals surface area contributed by atoms with E-state index in [9.17, 15) is 9.90 Å². The predicted molar refractivity (Wildman–Crippen MR) is 49.2 cm³/mol. The molecule has 0 bridgehead atoms. The Hall–Kier alpha value is -1.76. The number of hydrogen-bond acceptors (Lipinski definition) is 4. The number of allylic oxidation sites excluding steroid dienone is 3. The van der Waals surface area contributed by atoms with E-state index in [0.717, 1.165) is 6.42 Å². The zero-order chi connectivity index (χ0) is 10.6. The largest absolute Gasteiger partial charge is 0.512 e. The van der Waals surface area contributed by atoms with Gasteiger partial charge in [-0.05, 0) is 24.5 Å². The molecule has 0 aromatic carbocycles. The van der Waals surface area contributed by atoms with Crippen molar-refractivity contribution >= 4 is 5.97 Å². The van der Waals surface area contributed by atoms with Gasteiger partial charge in [-0.2, -0.15) is 5.26 Å². The molecule has 0 fully saturated rings. The van der Waals surface area contributed by atoms with Crippen LogP contribution in [0.4, 0.5) is 0 Å². The van der Waals surface area contributed by atoms with Crippen LogP contribution >= 0.6 is 0 Å². The van der Waals surface area contributed by atoms with E-state index in [-0.39, 0.29) is 11.3 Å². The van der Waals surface area contributed by atoms with Gasteiger partial charge in [0.2, 0.25) is 0 Å². The number of hydrogen-bond donors (Lipinski definition) is 1. The lowest BCUT2D eigenvalue weighted by Crippen LogP contribution is -2.03. The van der Waals surface area contributed by atoms with E-state index in [4.69, 9.17) is 5.26 Å². The van der Waals surface area contributed by atoms with Crippen LogP contribution in [0.25, 0.3) is 0 Å². The van der Waals surface area contributed by atoms with Crippen molar-refractivity contribution < 1.29 is 14.6 Å². The van der Waals surface area contributed by atoms with E-state index in [0.29, 0.717) is 18.4 Å². The molecule has 4 heteroatoms. The third kappa shape index (κ3) is 2.13. The van der Waals surface area contributed by atoms with Gasteiger partial charge < -0.3 is 9.84 Å². The molecule has 0 heterocycles. The maximum atomic E-state index is 11.0. The molecular formula is C10H11NO3. The first kappa shape index (κ1) is 10.3. The Kier molecular flexibility index (Phi) is 3.29. The lowest BCUT2D eigenvalue weighted by molar-refractivity contribution is -0.135. The number of rotatable bonds is 2. The zero-order valence-electron chi connectivity index (χ0n) is 7.91. The second-order valence-electron chi connectivity index (χ2n) is 2.99. The summed E-state index contributed by atoms with van der Waals surface area (Å²) in [6, 6.07) is 1.74. The first-order valence-electron chi connectivity index (χ1n) is 4.30. The molecule has 0 saturated carbocycles. The van der Waals surface area contributed by atoms with E-state index < -0.39 is 5.97 Å². The van der Waals surface area contributed by atoms with Gasteiger partial charge in [-0.1, -0.05) is 0 Å². The number of aliphatic hydroxyl groups is 1. The number of aliphatic hydroxyl groups excluding tert-OH is 1. The van der Waals surface area contributed by atoms with Crippen molar-refractivity contribution in [2.75, 3.05) is 7.11 Å². The van der Waals surface area contributed by atoms with Crippen molar-refractivity contribution in [1.29, 1.82) is 5.26 Å². The fourth-order valence-electron chi connectivity index (χ4n) is 1.33. The summed E-state index contributed by atoms with van der Waals surface area (Å²) in [4.78, 5) is 11.0. The summed E-state index contributed by atoms with van der Waals surface area (Å²) in [5.41, 5.74) is 0.586. The molecule has 74 valence electrons. The molecule has 0 aliphatic heterocycles. The monoisotopic (exact) mass is 193 g/mol. The Balaban J connectivity index is 2.90. The van der Waals surface area contributed by atoms with E-state index >= 15 is 0 Å². The van der Waals surface area contributed by atoms with Gasteiger partial charge in [0.15, 0.2) is 0 Å². The molecule has 0 radical (unpaired) electrons. The van der Waals surface area contributed by atoms with Gasteiger partial charge in [0, 0.05) is 6.42 Å². The molecule has 1 aliphatic rings. The summed E-state index contributed by atoms with van der Waals surface area (Å²) < 4.78 is 4.41. The molecule has 0 spiro atoms. The molecule has 0 saturated heterocycles. The number of ether oxygens (including phenoxy) is 1. The summed E-state index contributed by atoms with van der Waals surface area (Å²) in [6.07, 6.45) is 3.57. The normalized spacial score (nSPS) is 16.7. The molecule has 1 N–H and O–H groups in total. The number of nitrogens with zero attached hydrogens (tertiary/aromatic N) is 1. The van der Waals surface area contributed by atoms with Crippen molar-refractivity contribution in [2.45, 2.75) is 19.3 Å². The second kappa shape index (κ2) is 4.47. The molecular weight excluding hydrogens is 182 g/mol. The number of carbonyl (C=O) groups is 1. The molecule has 1 aliphatic carbocycles. The fraction of sp³-hybridized carbons (Fsp3) is 0.400. The van der Waals surface area contributed by atoms with Crippen molar-refractivity contribution in [2.24, 2.45) is 0 Å². The molecule has 1 rings (SSSR count). The highest BCUT2D eigenvalue weighted by Crippen LogP contribution is 2.25. The number of esters is 1. The van der Waals surface area contributed by atoms with Gasteiger partial charge in [0.25, 0.3) is 0 Å². The summed E-state index contributed by atoms with van der Waals surface area (Å²) in [5.74, 6) is -0.402. The molecule has 0 atom stereocenters. The smallest absolute Gasteiger partial charge is 0.348 e. The minimum absolute atomic E-state index is 0.0732. The van der Waals surface area contributed by atoms with Crippen molar-refractivity contribution in [3.63, 3.8) is 0 Å². The van der Waals surface area contributed by atoms with Crippen LogP contribution in [0, 0.1) is 11.3 Å². The Morgan fingerprint density at radius 3 is 2.79 bits per heavy atom. The van der Waals surface area contributed by atoms with E-state index in [2.05, 4.69) is 4.74 Å². The maximum absolute atomic E-state index is 11.0. The highest BCUT2D eigenvalue weighted by molar-refractivity contribution is 5.93. The van der Waals surface area contributed by atoms with Crippen LogP contribution in [0.15, 0.2) is 23.0 Å². The first-order valence-corrected chi connectivity index (χ1v) is 4.30. The minimum Gasteiger partial charge on any atom is -0.512 e. The summed E-state index contributed by atoms with van der Waals surface area (Å²) >= 11 is 0. The standard InChI is InChI=1S/C10H11NO3/c1-14-10(13)8(6-11)5-7-3-2-4-9(7)12/h5,12H,2-4H2,1H3. The Morgan fingerprint density at radius 1 is 1.64 bits per heavy atom. The van der Waals surface area contributed by atoms with E-state index in [1.54, 1.807) is 6.07 Å². The minimum atomic E-state index is -0.667. The third-order valence-corrected chi connectivity index (χ3v) is 2.07. The Morgan fingerprint density at radius 2 is 2.36 bits per heavy atom. The van der Waals surface area contributed by atoms with Crippen molar-refractivity contribution in [3.05, 3.63) is 23.0 Å². The summed E-state index contributed by atoms with van der Waals surface area (Å²) in [5, 5.41) is 18.0. The average molecular weight is 193 g/mol. The van der Waals surface area contributed by atoms with Gasteiger partial charge >= 0.3 is 5.97 Å². The van der Waals surface area contributed by atoms with Gasteiger partial charge in [0.1, 0.15) is 11.6 Å². The van der Waals surface area contributed by atoms with E-state index in [1.807, 2.05) is 0 Å². The van der Waals surface area contributed by atoms with Crippen LogP contribution < -0.4 is 0 Å². The second-order valence-corrected chi connectivity index (χ2v) is 2.99. The quantitative estimate of drug-likeness (QED) is 0.411. The highest BCUT2D eigenvalue weighted by Gasteiger charge is 2.15. The maximum Gasteiger partial charge on any atom is 0.348 e. The predicted octanol–water partition coefficient (Wildman–Crippen LogP) is 1.61. The van der Waals surface area contributed by atoms with Crippen LogP contribution in [0.3, 0.4) is 0 Å². The topological polar surface area (TPSA) is 70.3 Å². The van der Waals surface area contributed by atoms with Crippen LogP contribution in [0.2, 0.25) is 0 Å². The van der Waals surface area contributed by atoms with Crippen LogP contribution in [-0.4, -0.2) is 18.2 Å². The summed E-state index contributed by atoms with van der Waals surface area (Å²) in [7, 11) is 1.22. The highest BCUT2D eigenvalue weighted by atomic mass is 16.5. The van der Waals surface area contributed by atoms with E-state index in [1.165, 1.54) is 13.2 Å². The molecule has 0 aromatic rings. The van der Waals surface area contributed by atoms with Gasteiger partial charge in [-0.25, -0.2) is 4.79 Å². The third-order valence-electron chi connectivity index (χ3n) is 2.07. The average Bonchev–Trinajstić information content (AvgIpc) is 2.59.